The number of esters is 2. The Labute approximate surface area is 107 Å². The lowest BCUT2D eigenvalue weighted by molar-refractivity contribution is -0.135. The number of carbonyl (C=O) groups is 2. The summed E-state index contributed by atoms with van der Waals surface area (Å²) in [5.74, 6) is -0.742. The largest absolute Gasteiger partial charge is 0.466 e. The molecule has 18 heavy (non-hydrogen) atoms. The van der Waals surface area contributed by atoms with E-state index in [1.54, 1.807) is 12.2 Å². The molecule has 0 radical (unpaired) electrons. The van der Waals surface area contributed by atoms with Crippen molar-refractivity contribution in [1.82, 2.24) is 0 Å². The maximum atomic E-state index is 11.0. The van der Waals surface area contributed by atoms with Crippen LogP contribution in [0.4, 0.5) is 0 Å². The second-order valence-corrected chi connectivity index (χ2v) is 3.97. The van der Waals surface area contributed by atoms with Gasteiger partial charge in [0.05, 0.1) is 14.2 Å². The van der Waals surface area contributed by atoms with Gasteiger partial charge in [0.2, 0.25) is 0 Å². The summed E-state index contributed by atoms with van der Waals surface area (Å²) in [4.78, 5) is 22.1. The van der Waals surface area contributed by atoms with Crippen LogP contribution in [0.5, 0.6) is 0 Å². The lowest BCUT2D eigenvalue weighted by Gasteiger charge is -2.15. The van der Waals surface area contributed by atoms with E-state index in [9.17, 15) is 9.59 Å². The van der Waals surface area contributed by atoms with Gasteiger partial charge in [-0.2, -0.15) is 0 Å². The zero-order valence-corrected chi connectivity index (χ0v) is 10.8. The number of carbonyl (C=O) groups excluding carboxylic acids is 2. The molecule has 1 rings (SSSR count). The van der Waals surface area contributed by atoms with Crippen molar-refractivity contribution in [3.63, 3.8) is 0 Å². The Morgan fingerprint density at radius 2 is 1.28 bits per heavy atom. The molecule has 0 aliphatic heterocycles. The molecule has 0 saturated heterocycles. The van der Waals surface area contributed by atoms with E-state index in [0.29, 0.717) is 0 Å². The van der Waals surface area contributed by atoms with Gasteiger partial charge in [-0.3, -0.25) is 0 Å². The van der Waals surface area contributed by atoms with Crippen molar-refractivity contribution >= 4 is 11.9 Å². The molecule has 1 aliphatic carbocycles. The molecule has 0 N–H and O–H groups in total. The third kappa shape index (κ3) is 4.57. The molecule has 0 aromatic heterocycles. The highest BCUT2D eigenvalue weighted by molar-refractivity contribution is 5.83. The summed E-state index contributed by atoms with van der Waals surface area (Å²) in [6.45, 7) is 0. The monoisotopic (exact) mass is 250 g/mol. The van der Waals surface area contributed by atoms with Crippen LogP contribution >= 0.6 is 0 Å². The van der Waals surface area contributed by atoms with Gasteiger partial charge in [0.25, 0.3) is 0 Å². The van der Waals surface area contributed by atoms with Gasteiger partial charge in [0.1, 0.15) is 0 Å². The molecule has 0 aromatic carbocycles. The quantitative estimate of drug-likeness (QED) is 0.567. The Balaban J connectivity index is 2.83. The number of methoxy groups -OCH3 is 2. The summed E-state index contributed by atoms with van der Waals surface area (Å²) in [5.41, 5.74) is 2.15. The highest BCUT2D eigenvalue weighted by Crippen LogP contribution is 2.26. The molecule has 0 unspecified atom stereocenters. The van der Waals surface area contributed by atoms with E-state index >= 15 is 0 Å². The second kappa shape index (κ2) is 7.48. The first kappa shape index (κ1) is 14.2. The van der Waals surface area contributed by atoms with Crippen LogP contribution in [0.3, 0.4) is 0 Å². The van der Waals surface area contributed by atoms with Crippen molar-refractivity contribution in [1.29, 1.82) is 0 Å². The fourth-order valence-electron chi connectivity index (χ4n) is 1.81. The molecular weight excluding hydrogens is 232 g/mol. The van der Waals surface area contributed by atoms with Crippen LogP contribution in [-0.2, 0) is 19.1 Å². The molecule has 0 saturated carbocycles. The highest BCUT2D eigenvalue weighted by atomic mass is 16.5. The maximum absolute atomic E-state index is 11.0. The van der Waals surface area contributed by atoms with E-state index in [1.807, 2.05) is 0 Å². The van der Waals surface area contributed by atoms with Gasteiger partial charge in [0.15, 0.2) is 0 Å². The lowest BCUT2D eigenvalue weighted by Crippen LogP contribution is -2.00. The van der Waals surface area contributed by atoms with Crippen LogP contribution in [-0.4, -0.2) is 26.2 Å². The van der Waals surface area contributed by atoms with Crippen LogP contribution < -0.4 is 0 Å². The standard InChI is InChI=1S/C14H18O4/c1-17-13(15)9-7-11-5-3-4-6-12(11)8-10-14(16)18-2/h7-10H,3-6H2,1-2H3/b9-7+,10-8+. The zero-order chi connectivity index (χ0) is 13.4. The van der Waals surface area contributed by atoms with E-state index in [2.05, 4.69) is 9.47 Å². The summed E-state index contributed by atoms with van der Waals surface area (Å²) in [5, 5.41) is 0. The third-order valence-corrected chi connectivity index (χ3v) is 2.80. The van der Waals surface area contributed by atoms with Gasteiger partial charge >= 0.3 is 11.9 Å². The van der Waals surface area contributed by atoms with Crippen molar-refractivity contribution in [3.8, 4) is 0 Å². The first-order valence-corrected chi connectivity index (χ1v) is 5.91. The summed E-state index contributed by atoms with van der Waals surface area (Å²) in [7, 11) is 2.69. The van der Waals surface area contributed by atoms with E-state index in [4.69, 9.17) is 0 Å². The van der Waals surface area contributed by atoms with Crippen molar-refractivity contribution in [2.24, 2.45) is 0 Å². The highest BCUT2D eigenvalue weighted by Gasteiger charge is 2.09. The van der Waals surface area contributed by atoms with Crippen LogP contribution in [0.25, 0.3) is 0 Å². The first-order chi connectivity index (χ1) is 8.67. The van der Waals surface area contributed by atoms with Gasteiger partial charge in [-0.05, 0) is 36.8 Å². The van der Waals surface area contributed by atoms with Gasteiger partial charge in [-0.25, -0.2) is 9.59 Å². The molecule has 0 aromatic rings. The van der Waals surface area contributed by atoms with Gasteiger partial charge in [-0.15, -0.1) is 0 Å². The van der Waals surface area contributed by atoms with Crippen LogP contribution in [0, 0.1) is 0 Å². The number of ether oxygens (including phenoxy) is 2. The Morgan fingerprint density at radius 1 is 0.889 bits per heavy atom. The van der Waals surface area contributed by atoms with Crippen LogP contribution in [0.2, 0.25) is 0 Å². The van der Waals surface area contributed by atoms with E-state index in [1.165, 1.54) is 26.4 Å². The fourth-order valence-corrected chi connectivity index (χ4v) is 1.81. The van der Waals surface area contributed by atoms with Gasteiger partial charge in [-0.1, -0.05) is 12.2 Å². The second-order valence-electron chi connectivity index (χ2n) is 3.97. The molecule has 4 heteroatoms. The molecule has 0 atom stereocenters. The van der Waals surface area contributed by atoms with Crippen molar-refractivity contribution in [3.05, 3.63) is 35.5 Å². The number of allylic oxidation sites excluding steroid dienone is 4. The number of hydrogen-bond donors (Lipinski definition) is 0. The lowest BCUT2D eigenvalue weighted by atomic mass is 9.91. The zero-order valence-electron chi connectivity index (χ0n) is 10.8. The topological polar surface area (TPSA) is 52.6 Å². The SMILES string of the molecule is COC(=O)/C=C/C1=C(/C=C/C(=O)OC)CCCC1. The average Bonchev–Trinajstić information content (AvgIpc) is 2.42. The van der Waals surface area contributed by atoms with E-state index in [-0.39, 0.29) is 11.9 Å². The summed E-state index contributed by atoms with van der Waals surface area (Å²) >= 11 is 0. The molecule has 0 bridgehead atoms. The Morgan fingerprint density at radius 3 is 1.61 bits per heavy atom. The normalized spacial score (nSPS) is 16.3. The van der Waals surface area contributed by atoms with E-state index < -0.39 is 0 Å². The summed E-state index contributed by atoms with van der Waals surface area (Å²) < 4.78 is 9.10. The Bertz CT molecular complexity index is 364. The maximum Gasteiger partial charge on any atom is 0.330 e. The van der Waals surface area contributed by atoms with Crippen molar-refractivity contribution in [2.45, 2.75) is 25.7 Å². The molecule has 98 valence electrons. The molecule has 0 amide bonds. The van der Waals surface area contributed by atoms with Gasteiger partial charge < -0.3 is 9.47 Å². The van der Waals surface area contributed by atoms with Crippen LogP contribution in [0.15, 0.2) is 35.5 Å². The van der Waals surface area contributed by atoms with Crippen LogP contribution in [0.1, 0.15) is 25.7 Å². The van der Waals surface area contributed by atoms with Gasteiger partial charge in [0, 0.05) is 12.2 Å². The number of rotatable bonds is 4. The summed E-state index contributed by atoms with van der Waals surface area (Å²) in [6, 6.07) is 0. The Hall–Kier alpha value is -1.84. The third-order valence-electron chi connectivity index (χ3n) is 2.80. The van der Waals surface area contributed by atoms with Crippen molar-refractivity contribution < 1.29 is 19.1 Å². The number of hydrogen-bond acceptors (Lipinski definition) is 4. The van der Waals surface area contributed by atoms with Crippen molar-refractivity contribution in [2.75, 3.05) is 14.2 Å². The summed E-state index contributed by atoms with van der Waals surface area (Å²) in [6.07, 6.45) is 10.4. The average molecular weight is 250 g/mol. The molecule has 0 fully saturated rings. The van der Waals surface area contributed by atoms with E-state index in [0.717, 1.165) is 36.8 Å². The fraction of sp³-hybridized carbons (Fsp3) is 0.429. The smallest absolute Gasteiger partial charge is 0.330 e. The minimum absolute atomic E-state index is 0.371. The molecule has 0 heterocycles. The predicted octanol–water partition coefficient (Wildman–Crippen LogP) is 2.32. The minimum Gasteiger partial charge on any atom is -0.466 e. The first-order valence-electron chi connectivity index (χ1n) is 5.91. The molecular formula is C14H18O4. The Kier molecular flexibility index (Phi) is 5.91. The molecule has 4 nitrogen and oxygen atoms in total. The molecule has 0 spiro atoms. The predicted molar refractivity (Wildman–Crippen MR) is 67.8 cm³/mol. The minimum atomic E-state index is -0.371. The molecule has 1 aliphatic rings.